The molecule has 0 aliphatic carbocycles. The summed E-state index contributed by atoms with van der Waals surface area (Å²) in [6.07, 6.45) is 5.38. The van der Waals surface area contributed by atoms with Gasteiger partial charge in [-0.1, -0.05) is 37.6 Å². The Morgan fingerprint density at radius 1 is 1.03 bits per heavy atom. The van der Waals surface area contributed by atoms with Gasteiger partial charge in [-0.3, -0.25) is 14.6 Å². The third-order valence-corrected chi connectivity index (χ3v) is 5.92. The number of hydrogen-bond acceptors (Lipinski definition) is 5. The van der Waals surface area contributed by atoms with Gasteiger partial charge in [-0.15, -0.1) is 0 Å². The smallest absolute Gasteiger partial charge is 0.291 e. The zero-order valence-corrected chi connectivity index (χ0v) is 18.4. The molecule has 3 heterocycles. The summed E-state index contributed by atoms with van der Waals surface area (Å²) in [5, 5.41) is 0.468. The number of ether oxygens (including phenoxy) is 1. The average Bonchev–Trinajstić information content (AvgIpc) is 3.12. The molecule has 5 rings (SSSR count). The lowest BCUT2D eigenvalue weighted by Crippen LogP contribution is -2.29. The van der Waals surface area contributed by atoms with Gasteiger partial charge in [-0.25, -0.2) is 0 Å². The van der Waals surface area contributed by atoms with Gasteiger partial charge >= 0.3 is 0 Å². The molecule has 1 aliphatic rings. The van der Waals surface area contributed by atoms with Crippen LogP contribution in [0.3, 0.4) is 0 Å². The molecule has 1 atom stereocenters. The average molecular weight is 440 g/mol. The molecule has 6 heteroatoms. The van der Waals surface area contributed by atoms with E-state index in [1.807, 2.05) is 36.4 Å². The highest BCUT2D eigenvalue weighted by Crippen LogP contribution is 2.39. The number of carbonyl (C=O) groups excluding carboxylic acids is 1. The standard InChI is InChI=1S/C27H24N2O4/c1-2-3-15-32-20-8-6-7-19(16-20)24-23-25(30)21-9-4-5-10-22(21)33-26(23)27(31)29(24)17-18-11-13-28-14-12-18/h4-14,16,24H,2-3,15,17H2,1H3. The first kappa shape index (κ1) is 20.9. The first-order valence-electron chi connectivity index (χ1n) is 11.2. The van der Waals surface area contributed by atoms with Crippen molar-refractivity contribution in [2.45, 2.75) is 32.4 Å². The molecule has 2 aromatic heterocycles. The van der Waals surface area contributed by atoms with Crippen molar-refractivity contribution in [2.75, 3.05) is 6.61 Å². The second kappa shape index (κ2) is 8.90. The van der Waals surface area contributed by atoms with Gasteiger partial charge in [-0.05, 0) is 53.9 Å². The summed E-state index contributed by atoms with van der Waals surface area (Å²) in [5.74, 6) is 0.526. The molecule has 2 aromatic carbocycles. The molecule has 0 saturated carbocycles. The van der Waals surface area contributed by atoms with Gasteiger partial charge in [0, 0.05) is 18.9 Å². The summed E-state index contributed by atoms with van der Waals surface area (Å²) in [7, 11) is 0. The number of pyridine rings is 1. The summed E-state index contributed by atoms with van der Waals surface area (Å²) in [4.78, 5) is 32.8. The first-order valence-corrected chi connectivity index (χ1v) is 11.2. The predicted octanol–water partition coefficient (Wildman–Crippen LogP) is 5.11. The fourth-order valence-electron chi connectivity index (χ4n) is 4.27. The molecule has 6 nitrogen and oxygen atoms in total. The number of nitrogens with zero attached hydrogens (tertiary/aromatic N) is 2. The Morgan fingerprint density at radius 3 is 2.67 bits per heavy atom. The summed E-state index contributed by atoms with van der Waals surface area (Å²) < 4.78 is 11.9. The number of fused-ring (bicyclic) bond motifs is 2. The molecule has 0 radical (unpaired) electrons. The number of carbonyl (C=O) groups is 1. The molecular weight excluding hydrogens is 416 g/mol. The van der Waals surface area contributed by atoms with Crippen LogP contribution in [-0.2, 0) is 6.54 Å². The number of rotatable bonds is 7. The summed E-state index contributed by atoms with van der Waals surface area (Å²) >= 11 is 0. The zero-order valence-electron chi connectivity index (χ0n) is 18.4. The molecule has 4 aromatic rings. The molecule has 0 spiro atoms. The van der Waals surface area contributed by atoms with Crippen molar-refractivity contribution in [3.8, 4) is 5.75 Å². The highest BCUT2D eigenvalue weighted by Gasteiger charge is 2.42. The van der Waals surface area contributed by atoms with Crippen molar-refractivity contribution < 1.29 is 13.9 Å². The number of hydrogen-bond donors (Lipinski definition) is 0. The topological polar surface area (TPSA) is 72.6 Å². The Labute approximate surface area is 191 Å². The molecule has 166 valence electrons. The van der Waals surface area contributed by atoms with Crippen molar-refractivity contribution in [3.05, 3.63) is 106 Å². The molecule has 0 bridgehead atoms. The van der Waals surface area contributed by atoms with Crippen LogP contribution >= 0.6 is 0 Å². The van der Waals surface area contributed by atoms with Crippen molar-refractivity contribution in [1.82, 2.24) is 9.88 Å². The maximum Gasteiger partial charge on any atom is 0.291 e. The van der Waals surface area contributed by atoms with E-state index in [2.05, 4.69) is 11.9 Å². The minimum Gasteiger partial charge on any atom is -0.494 e. The van der Waals surface area contributed by atoms with Crippen LogP contribution in [-0.4, -0.2) is 22.4 Å². The number of benzene rings is 2. The fraction of sp³-hybridized carbons (Fsp3) is 0.222. The van der Waals surface area contributed by atoms with E-state index in [9.17, 15) is 9.59 Å². The Hall–Kier alpha value is -3.93. The van der Waals surface area contributed by atoms with Crippen LogP contribution in [0.2, 0.25) is 0 Å². The van der Waals surface area contributed by atoms with Crippen LogP contribution in [0.1, 0.15) is 53.1 Å². The van der Waals surface area contributed by atoms with Crippen LogP contribution < -0.4 is 10.2 Å². The van der Waals surface area contributed by atoms with Crippen molar-refractivity contribution in [1.29, 1.82) is 0 Å². The number of para-hydroxylation sites is 1. The largest absolute Gasteiger partial charge is 0.494 e. The van der Waals surface area contributed by atoms with Crippen LogP contribution in [0.4, 0.5) is 0 Å². The zero-order chi connectivity index (χ0) is 22.8. The predicted molar refractivity (Wildman–Crippen MR) is 125 cm³/mol. The van der Waals surface area contributed by atoms with Crippen molar-refractivity contribution >= 4 is 16.9 Å². The van der Waals surface area contributed by atoms with Gasteiger partial charge in [-0.2, -0.15) is 0 Å². The highest BCUT2D eigenvalue weighted by atomic mass is 16.5. The van der Waals surface area contributed by atoms with Crippen LogP contribution in [0, 0.1) is 0 Å². The van der Waals surface area contributed by atoms with E-state index in [1.54, 1.807) is 41.6 Å². The van der Waals surface area contributed by atoms with E-state index in [0.717, 1.165) is 29.7 Å². The van der Waals surface area contributed by atoms with Crippen LogP contribution in [0.15, 0.2) is 82.3 Å². The lowest BCUT2D eigenvalue weighted by atomic mass is 9.98. The molecule has 0 N–H and O–H groups in total. The molecule has 0 saturated heterocycles. The van der Waals surface area contributed by atoms with Crippen molar-refractivity contribution in [2.24, 2.45) is 0 Å². The van der Waals surface area contributed by atoms with E-state index < -0.39 is 6.04 Å². The van der Waals surface area contributed by atoms with E-state index in [1.165, 1.54) is 0 Å². The monoisotopic (exact) mass is 440 g/mol. The molecule has 1 unspecified atom stereocenters. The molecule has 1 amide bonds. The summed E-state index contributed by atoms with van der Waals surface area (Å²) in [6.45, 7) is 3.06. The first-order chi connectivity index (χ1) is 16.2. The van der Waals surface area contributed by atoms with Crippen molar-refractivity contribution in [3.63, 3.8) is 0 Å². The number of unbranched alkanes of at least 4 members (excludes halogenated alkanes) is 1. The molecular formula is C27H24N2O4. The molecule has 0 fully saturated rings. The summed E-state index contributed by atoms with van der Waals surface area (Å²) in [6, 6.07) is 17.8. The number of amides is 1. The Morgan fingerprint density at radius 2 is 1.85 bits per heavy atom. The Balaban J connectivity index is 1.64. The molecule has 33 heavy (non-hydrogen) atoms. The normalized spacial score (nSPS) is 15.1. The van der Waals surface area contributed by atoms with Gasteiger partial charge in [0.1, 0.15) is 11.3 Å². The third kappa shape index (κ3) is 3.89. The van der Waals surface area contributed by atoms with E-state index in [0.29, 0.717) is 29.7 Å². The van der Waals surface area contributed by atoms with Crippen LogP contribution in [0.5, 0.6) is 5.75 Å². The lowest BCUT2D eigenvalue weighted by Gasteiger charge is -2.25. The fourth-order valence-corrected chi connectivity index (χ4v) is 4.27. The Bertz CT molecular complexity index is 1360. The third-order valence-electron chi connectivity index (χ3n) is 5.92. The number of aromatic nitrogens is 1. The quantitative estimate of drug-likeness (QED) is 0.373. The Kier molecular flexibility index (Phi) is 5.65. The van der Waals surface area contributed by atoms with Gasteiger partial charge in [0.25, 0.3) is 5.91 Å². The SMILES string of the molecule is CCCCOc1cccc(C2c3c(oc4ccccc4c3=O)C(=O)N2Cc2ccncc2)c1. The van der Waals surface area contributed by atoms with E-state index in [-0.39, 0.29) is 17.1 Å². The maximum absolute atomic E-state index is 13.6. The minimum atomic E-state index is -0.573. The van der Waals surface area contributed by atoms with Gasteiger partial charge in [0.15, 0.2) is 5.43 Å². The maximum atomic E-state index is 13.6. The van der Waals surface area contributed by atoms with Gasteiger partial charge < -0.3 is 14.1 Å². The second-order valence-electron chi connectivity index (χ2n) is 8.14. The van der Waals surface area contributed by atoms with Gasteiger partial charge in [0.05, 0.1) is 23.6 Å². The van der Waals surface area contributed by atoms with E-state index in [4.69, 9.17) is 9.15 Å². The lowest BCUT2D eigenvalue weighted by molar-refractivity contribution is 0.0714. The molecule has 1 aliphatic heterocycles. The van der Waals surface area contributed by atoms with Gasteiger partial charge in [0.2, 0.25) is 5.76 Å². The summed E-state index contributed by atoms with van der Waals surface area (Å²) in [5.41, 5.74) is 2.34. The minimum absolute atomic E-state index is 0.107. The van der Waals surface area contributed by atoms with Crippen LogP contribution in [0.25, 0.3) is 11.0 Å². The second-order valence-corrected chi connectivity index (χ2v) is 8.14. The van der Waals surface area contributed by atoms with E-state index >= 15 is 0 Å². The highest BCUT2D eigenvalue weighted by molar-refractivity contribution is 5.99.